The van der Waals surface area contributed by atoms with Crippen LogP contribution >= 0.6 is 0 Å². The quantitative estimate of drug-likeness (QED) is 0.791. The van der Waals surface area contributed by atoms with Crippen molar-refractivity contribution in [3.63, 3.8) is 0 Å². The van der Waals surface area contributed by atoms with Crippen molar-refractivity contribution in [1.29, 1.82) is 0 Å². The lowest BCUT2D eigenvalue weighted by Gasteiger charge is -2.49. The first kappa shape index (κ1) is 18.5. The summed E-state index contributed by atoms with van der Waals surface area (Å²) < 4.78 is 79.8. The summed E-state index contributed by atoms with van der Waals surface area (Å²) >= 11 is 0. The highest BCUT2D eigenvalue weighted by molar-refractivity contribution is 5.05. The summed E-state index contributed by atoms with van der Waals surface area (Å²) in [7, 11) is 0. The molecule has 0 aromatic carbocycles. The molecule has 4 nitrogen and oxygen atoms in total. The van der Waals surface area contributed by atoms with Crippen molar-refractivity contribution < 1.29 is 41.3 Å². The van der Waals surface area contributed by atoms with E-state index in [1.54, 1.807) is 6.92 Å². The smallest absolute Gasteiger partial charge is 0.378 e. The van der Waals surface area contributed by atoms with Crippen LogP contribution < -0.4 is 0 Å². The average Bonchev–Trinajstić information content (AvgIpc) is 2.35. The fourth-order valence-corrected chi connectivity index (χ4v) is 1.75. The Morgan fingerprint density at radius 2 is 1.86 bits per heavy atom. The summed E-state index contributed by atoms with van der Waals surface area (Å²) in [5, 5.41) is 9.29. The van der Waals surface area contributed by atoms with E-state index in [-0.39, 0.29) is 12.5 Å². The van der Waals surface area contributed by atoms with Gasteiger partial charge in [-0.25, -0.2) is 0 Å². The molecule has 0 saturated carbocycles. The molecule has 0 spiro atoms. The highest BCUT2D eigenvalue weighted by Gasteiger charge is 2.79. The predicted octanol–water partition coefficient (Wildman–Crippen LogP) is 2.70. The van der Waals surface area contributed by atoms with Crippen LogP contribution in [0.3, 0.4) is 0 Å². The maximum absolute atomic E-state index is 14.1. The largest absolute Gasteiger partial charge is 0.449 e. The maximum atomic E-state index is 14.1. The van der Waals surface area contributed by atoms with Crippen molar-refractivity contribution in [3.05, 3.63) is 0 Å². The van der Waals surface area contributed by atoms with Crippen molar-refractivity contribution >= 4 is 0 Å². The molecule has 21 heavy (non-hydrogen) atoms. The number of ether oxygens (including phenoxy) is 3. The molecule has 0 bridgehead atoms. The summed E-state index contributed by atoms with van der Waals surface area (Å²) in [5.41, 5.74) is -2.65. The zero-order valence-corrected chi connectivity index (χ0v) is 12.0. The fourth-order valence-electron chi connectivity index (χ4n) is 1.75. The second-order valence-electron chi connectivity index (χ2n) is 5.38. The molecule has 1 heterocycles. The molecule has 0 aromatic rings. The minimum atomic E-state index is -5.67. The van der Waals surface area contributed by atoms with Crippen molar-refractivity contribution in [1.82, 2.24) is 0 Å². The van der Waals surface area contributed by atoms with Gasteiger partial charge in [-0.3, -0.25) is 0 Å². The third kappa shape index (κ3) is 3.15. The van der Waals surface area contributed by atoms with Gasteiger partial charge in [0.2, 0.25) is 0 Å². The van der Waals surface area contributed by atoms with Crippen molar-refractivity contribution in [2.45, 2.75) is 50.7 Å². The van der Waals surface area contributed by atoms with Gasteiger partial charge in [0, 0.05) is 6.61 Å². The zero-order valence-electron chi connectivity index (χ0n) is 12.0. The van der Waals surface area contributed by atoms with Crippen LogP contribution in [0.15, 0.2) is 0 Å². The van der Waals surface area contributed by atoms with E-state index in [4.69, 9.17) is 4.74 Å². The molecule has 1 saturated heterocycles. The Morgan fingerprint density at radius 1 is 1.29 bits per heavy atom. The molecule has 126 valence electrons. The topological polar surface area (TPSA) is 47.9 Å². The fraction of sp³-hybridized carbons (Fsp3) is 1.00. The third-order valence-electron chi connectivity index (χ3n) is 3.60. The summed E-state index contributed by atoms with van der Waals surface area (Å²) in [6.45, 7) is 2.59. The second kappa shape index (κ2) is 5.94. The highest BCUT2D eigenvalue weighted by Crippen LogP contribution is 2.52. The van der Waals surface area contributed by atoms with Crippen LogP contribution in [0.25, 0.3) is 0 Å². The Morgan fingerprint density at radius 3 is 2.33 bits per heavy atom. The molecule has 3 atom stereocenters. The van der Waals surface area contributed by atoms with Gasteiger partial charge in [-0.05, 0) is 12.8 Å². The monoisotopic (exact) mass is 322 g/mol. The van der Waals surface area contributed by atoms with Crippen LogP contribution in [-0.4, -0.2) is 48.6 Å². The Labute approximate surface area is 119 Å². The predicted molar refractivity (Wildman–Crippen MR) is 61.7 cm³/mol. The van der Waals surface area contributed by atoms with Crippen LogP contribution in [0, 0.1) is 5.92 Å². The van der Waals surface area contributed by atoms with E-state index >= 15 is 0 Å². The minimum absolute atomic E-state index is 0.0589. The zero-order chi connectivity index (χ0) is 16.5. The number of halogens is 5. The molecule has 1 aliphatic rings. The van der Waals surface area contributed by atoms with Gasteiger partial charge in [0.05, 0.1) is 6.61 Å². The number of alkyl halides is 5. The van der Waals surface area contributed by atoms with Crippen molar-refractivity contribution in [2.24, 2.45) is 5.92 Å². The average molecular weight is 322 g/mol. The van der Waals surface area contributed by atoms with E-state index in [1.807, 2.05) is 6.92 Å². The second-order valence-corrected chi connectivity index (χ2v) is 5.38. The van der Waals surface area contributed by atoms with Crippen LogP contribution in [0.5, 0.6) is 0 Å². The van der Waals surface area contributed by atoms with Crippen LogP contribution in [-0.2, 0) is 14.2 Å². The van der Waals surface area contributed by atoms with Gasteiger partial charge in [0.15, 0.2) is 12.4 Å². The van der Waals surface area contributed by atoms with E-state index in [9.17, 15) is 27.1 Å². The normalized spacial score (nSPS) is 34.7. The number of hydrogen-bond acceptors (Lipinski definition) is 4. The standard InChI is InChI=1S/C12H19F5O4/c1-4-8(2)5-19-6-9(3)10(13,14)11(18,12(15,16)17)21-7-20-9/h8,18H,4-7H2,1-3H3. The molecule has 1 N–H and O–H groups in total. The summed E-state index contributed by atoms with van der Waals surface area (Å²) in [6.07, 6.45) is -4.94. The van der Waals surface area contributed by atoms with E-state index in [0.29, 0.717) is 0 Å². The third-order valence-corrected chi connectivity index (χ3v) is 3.60. The first-order valence-corrected chi connectivity index (χ1v) is 6.44. The molecule has 1 rings (SSSR count). The lowest BCUT2D eigenvalue weighted by Crippen LogP contribution is -2.73. The van der Waals surface area contributed by atoms with E-state index < -0.39 is 36.9 Å². The van der Waals surface area contributed by atoms with Gasteiger partial charge in [-0.2, -0.15) is 22.0 Å². The SMILES string of the molecule is CCC(C)COCC1(C)OCOC(O)(C(F)(F)F)C1(F)F. The lowest BCUT2D eigenvalue weighted by atomic mass is 9.89. The minimum Gasteiger partial charge on any atom is -0.378 e. The summed E-state index contributed by atoms with van der Waals surface area (Å²) in [4.78, 5) is 0. The summed E-state index contributed by atoms with van der Waals surface area (Å²) in [5.74, 6) is -9.28. The molecular formula is C12H19F5O4. The Kier molecular flexibility index (Phi) is 5.24. The van der Waals surface area contributed by atoms with Gasteiger partial charge in [-0.1, -0.05) is 20.3 Å². The molecule has 0 aliphatic carbocycles. The Hall–Kier alpha value is -0.510. The molecule has 9 heteroatoms. The molecule has 1 aliphatic heterocycles. The van der Waals surface area contributed by atoms with Crippen molar-refractivity contribution in [2.75, 3.05) is 20.0 Å². The lowest BCUT2D eigenvalue weighted by molar-refractivity contribution is -0.502. The number of rotatable bonds is 5. The van der Waals surface area contributed by atoms with Gasteiger partial charge < -0.3 is 19.3 Å². The molecule has 0 radical (unpaired) electrons. The van der Waals surface area contributed by atoms with Crippen LogP contribution in [0.4, 0.5) is 22.0 Å². The van der Waals surface area contributed by atoms with E-state index in [2.05, 4.69) is 9.47 Å². The molecular weight excluding hydrogens is 303 g/mol. The number of hydrogen-bond donors (Lipinski definition) is 1. The maximum Gasteiger partial charge on any atom is 0.449 e. The number of aliphatic hydroxyl groups is 1. The summed E-state index contributed by atoms with van der Waals surface area (Å²) in [6, 6.07) is 0. The van der Waals surface area contributed by atoms with Gasteiger partial charge in [-0.15, -0.1) is 0 Å². The van der Waals surface area contributed by atoms with Gasteiger partial charge in [0.1, 0.15) is 0 Å². The van der Waals surface area contributed by atoms with Crippen LogP contribution in [0.1, 0.15) is 27.2 Å². The van der Waals surface area contributed by atoms with Crippen LogP contribution in [0.2, 0.25) is 0 Å². The molecule has 0 amide bonds. The molecule has 1 fully saturated rings. The van der Waals surface area contributed by atoms with Crippen molar-refractivity contribution in [3.8, 4) is 0 Å². The van der Waals surface area contributed by atoms with Gasteiger partial charge >= 0.3 is 17.9 Å². The van der Waals surface area contributed by atoms with Gasteiger partial charge in [0.25, 0.3) is 0 Å². The first-order chi connectivity index (χ1) is 9.41. The highest BCUT2D eigenvalue weighted by atomic mass is 19.4. The molecule has 3 unspecified atom stereocenters. The van der Waals surface area contributed by atoms with E-state index in [1.165, 1.54) is 0 Å². The first-order valence-electron chi connectivity index (χ1n) is 6.44. The Balaban J connectivity index is 2.91. The Bertz CT molecular complexity index is 362. The van der Waals surface area contributed by atoms with E-state index in [0.717, 1.165) is 13.3 Å². The molecule has 0 aromatic heterocycles.